The molecule has 1 N–H and O–H groups in total. The molecule has 0 atom stereocenters. The lowest BCUT2D eigenvalue weighted by atomic mass is 10.4. The molecule has 0 aromatic rings. The summed E-state index contributed by atoms with van der Waals surface area (Å²) in [6.45, 7) is 7.75. The molecular formula is C9H18O. The van der Waals surface area contributed by atoms with Crippen molar-refractivity contribution < 1.29 is 5.11 Å². The molecule has 0 amide bonds. The molecule has 0 aromatic carbocycles. The van der Waals surface area contributed by atoms with Gasteiger partial charge in [0.25, 0.3) is 0 Å². The zero-order valence-corrected chi connectivity index (χ0v) is 7.01. The van der Waals surface area contributed by atoms with E-state index < -0.39 is 0 Å². The highest BCUT2D eigenvalue weighted by Crippen LogP contribution is 1.74. The summed E-state index contributed by atoms with van der Waals surface area (Å²) in [6, 6.07) is 0. The number of hydrogen-bond acceptors (Lipinski definition) is 1. The lowest BCUT2D eigenvalue weighted by Gasteiger charge is -1.72. The van der Waals surface area contributed by atoms with Gasteiger partial charge in [-0.05, 0) is 12.8 Å². The second-order valence-electron chi connectivity index (χ2n) is 1.76. The van der Waals surface area contributed by atoms with Crippen LogP contribution in [-0.4, -0.2) is 11.7 Å². The van der Waals surface area contributed by atoms with Gasteiger partial charge in [-0.2, -0.15) is 0 Å². The SMILES string of the molecule is C=CCC.CCC=CCO. The minimum Gasteiger partial charge on any atom is -0.392 e. The summed E-state index contributed by atoms with van der Waals surface area (Å²) in [7, 11) is 0. The topological polar surface area (TPSA) is 20.2 Å². The summed E-state index contributed by atoms with van der Waals surface area (Å²) in [5.74, 6) is 0. The zero-order chi connectivity index (χ0) is 8.24. The maximum atomic E-state index is 8.11. The Kier molecular flexibility index (Phi) is 19.2. The highest BCUT2D eigenvalue weighted by Gasteiger charge is 1.60. The Morgan fingerprint density at radius 3 is 1.80 bits per heavy atom. The normalized spacial score (nSPS) is 8.70. The van der Waals surface area contributed by atoms with Crippen molar-refractivity contribution in [2.24, 2.45) is 0 Å². The van der Waals surface area contributed by atoms with Gasteiger partial charge in [-0.3, -0.25) is 0 Å². The van der Waals surface area contributed by atoms with Crippen LogP contribution in [0.15, 0.2) is 24.8 Å². The van der Waals surface area contributed by atoms with Crippen molar-refractivity contribution in [3.05, 3.63) is 24.8 Å². The maximum absolute atomic E-state index is 8.11. The van der Waals surface area contributed by atoms with E-state index in [9.17, 15) is 0 Å². The van der Waals surface area contributed by atoms with Crippen LogP contribution in [-0.2, 0) is 0 Å². The first-order chi connectivity index (χ1) is 4.83. The van der Waals surface area contributed by atoms with Gasteiger partial charge in [-0.15, -0.1) is 6.58 Å². The fraction of sp³-hybridized carbons (Fsp3) is 0.556. The predicted molar refractivity (Wildman–Crippen MR) is 47.0 cm³/mol. The lowest BCUT2D eigenvalue weighted by Crippen LogP contribution is -1.67. The van der Waals surface area contributed by atoms with Crippen molar-refractivity contribution in [2.45, 2.75) is 26.7 Å². The number of aliphatic hydroxyl groups excluding tert-OH is 1. The lowest BCUT2D eigenvalue weighted by molar-refractivity contribution is 0.342. The van der Waals surface area contributed by atoms with Crippen LogP contribution in [0.25, 0.3) is 0 Å². The molecule has 0 rings (SSSR count). The summed E-state index contributed by atoms with van der Waals surface area (Å²) >= 11 is 0. The Balaban J connectivity index is 0. The molecule has 0 saturated heterocycles. The van der Waals surface area contributed by atoms with Crippen molar-refractivity contribution in [2.75, 3.05) is 6.61 Å². The summed E-state index contributed by atoms with van der Waals surface area (Å²) in [5.41, 5.74) is 0. The Morgan fingerprint density at radius 2 is 1.70 bits per heavy atom. The van der Waals surface area contributed by atoms with Gasteiger partial charge in [0, 0.05) is 0 Å². The van der Waals surface area contributed by atoms with Gasteiger partial charge in [0.1, 0.15) is 0 Å². The first-order valence-corrected chi connectivity index (χ1v) is 3.70. The van der Waals surface area contributed by atoms with Gasteiger partial charge >= 0.3 is 0 Å². The van der Waals surface area contributed by atoms with Crippen LogP contribution in [0.3, 0.4) is 0 Å². The largest absolute Gasteiger partial charge is 0.392 e. The third kappa shape index (κ3) is 26.1. The fourth-order valence-electron chi connectivity index (χ4n) is 0.241. The van der Waals surface area contributed by atoms with E-state index in [1.807, 2.05) is 19.1 Å². The second-order valence-corrected chi connectivity index (χ2v) is 1.76. The third-order valence-corrected chi connectivity index (χ3v) is 0.796. The minimum absolute atomic E-state index is 0.174. The van der Waals surface area contributed by atoms with Gasteiger partial charge in [0.15, 0.2) is 0 Å². The van der Waals surface area contributed by atoms with Crippen molar-refractivity contribution in [1.29, 1.82) is 0 Å². The smallest absolute Gasteiger partial charge is 0.0612 e. The molecule has 0 saturated carbocycles. The number of allylic oxidation sites excluding steroid dienone is 2. The first-order valence-electron chi connectivity index (χ1n) is 3.70. The number of hydrogen-bond donors (Lipinski definition) is 1. The monoisotopic (exact) mass is 142 g/mol. The number of rotatable bonds is 3. The molecule has 1 heteroatoms. The molecular weight excluding hydrogens is 124 g/mol. The van der Waals surface area contributed by atoms with Crippen LogP contribution in [0.5, 0.6) is 0 Å². The number of aliphatic hydroxyl groups is 1. The Bertz CT molecular complexity index is 68.8. The van der Waals surface area contributed by atoms with Crippen molar-refractivity contribution in [3.8, 4) is 0 Å². The molecule has 0 aliphatic carbocycles. The van der Waals surface area contributed by atoms with Crippen molar-refractivity contribution in [3.63, 3.8) is 0 Å². The highest BCUT2D eigenvalue weighted by molar-refractivity contribution is 4.78. The molecule has 0 fully saturated rings. The Labute approximate surface area is 64.1 Å². The highest BCUT2D eigenvalue weighted by atomic mass is 16.2. The average Bonchev–Trinajstić information content (AvgIpc) is 2.01. The van der Waals surface area contributed by atoms with Crippen LogP contribution in [0.4, 0.5) is 0 Å². The van der Waals surface area contributed by atoms with E-state index in [1.165, 1.54) is 0 Å². The van der Waals surface area contributed by atoms with Crippen LogP contribution in [0.1, 0.15) is 26.7 Å². The van der Waals surface area contributed by atoms with Crippen LogP contribution in [0.2, 0.25) is 0 Å². The molecule has 0 spiro atoms. The quantitative estimate of drug-likeness (QED) is 0.600. The second kappa shape index (κ2) is 15.8. The minimum atomic E-state index is 0.174. The molecule has 0 heterocycles. The van der Waals surface area contributed by atoms with E-state index in [4.69, 9.17) is 5.11 Å². The van der Waals surface area contributed by atoms with E-state index in [1.54, 1.807) is 6.08 Å². The average molecular weight is 142 g/mol. The maximum Gasteiger partial charge on any atom is 0.0612 e. The molecule has 1 nitrogen and oxygen atoms in total. The van der Waals surface area contributed by atoms with Crippen molar-refractivity contribution >= 4 is 0 Å². The van der Waals surface area contributed by atoms with E-state index in [2.05, 4.69) is 13.5 Å². The molecule has 10 heavy (non-hydrogen) atoms. The van der Waals surface area contributed by atoms with E-state index in [0.29, 0.717) is 0 Å². The molecule has 0 aliphatic heterocycles. The first kappa shape index (κ1) is 12.1. The van der Waals surface area contributed by atoms with Crippen LogP contribution >= 0.6 is 0 Å². The Morgan fingerprint density at radius 1 is 1.20 bits per heavy atom. The van der Waals surface area contributed by atoms with Gasteiger partial charge in [-0.1, -0.05) is 32.1 Å². The van der Waals surface area contributed by atoms with Gasteiger partial charge in [-0.25, -0.2) is 0 Å². The van der Waals surface area contributed by atoms with Gasteiger partial charge in [0.2, 0.25) is 0 Å². The molecule has 0 aliphatic rings. The van der Waals surface area contributed by atoms with Crippen molar-refractivity contribution in [1.82, 2.24) is 0 Å². The molecule has 0 unspecified atom stereocenters. The fourth-order valence-corrected chi connectivity index (χ4v) is 0.241. The standard InChI is InChI=1S/C5H10O.C4H8/c1-2-3-4-5-6;1-3-4-2/h3-4,6H,2,5H2,1H3;3H,1,4H2,2H3. The molecule has 0 radical (unpaired) electrons. The summed E-state index contributed by atoms with van der Waals surface area (Å²) in [4.78, 5) is 0. The van der Waals surface area contributed by atoms with Crippen LogP contribution < -0.4 is 0 Å². The summed E-state index contributed by atoms with van der Waals surface area (Å²) < 4.78 is 0. The van der Waals surface area contributed by atoms with E-state index in [0.717, 1.165) is 12.8 Å². The third-order valence-electron chi connectivity index (χ3n) is 0.796. The summed E-state index contributed by atoms with van der Waals surface area (Å²) in [5, 5.41) is 8.11. The van der Waals surface area contributed by atoms with Crippen LogP contribution in [0, 0.1) is 0 Å². The van der Waals surface area contributed by atoms with Gasteiger partial charge in [0.05, 0.1) is 6.61 Å². The molecule has 0 bridgehead atoms. The predicted octanol–water partition coefficient (Wildman–Crippen LogP) is 2.53. The Hall–Kier alpha value is -0.560. The zero-order valence-electron chi connectivity index (χ0n) is 7.01. The van der Waals surface area contributed by atoms with E-state index >= 15 is 0 Å². The summed E-state index contributed by atoms with van der Waals surface area (Å²) in [6.07, 6.45) is 7.64. The molecule has 60 valence electrons. The van der Waals surface area contributed by atoms with Gasteiger partial charge < -0.3 is 5.11 Å². The molecule has 0 aromatic heterocycles. The van der Waals surface area contributed by atoms with E-state index in [-0.39, 0.29) is 6.61 Å².